The monoisotopic (exact) mass is 217 g/mol. The third-order valence-corrected chi connectivity index (χ3v) is 2.53. The molecule has 0 saturated heterocycles. The maximum atomic E-state index is 9.99. The fourth-order valence-electron chi connectivity index (χ4n) is 1.61. The van der Waals surface area contributed by atoms with Crippen LogP contribution in [0.4, 0.5) is 0 Å². The summed E-state index contributed by atoms with van der Waals surface area (Å²) >= 11 is 0. The first kappa shape index (κ1) is 10.9. The molecule has 0 bridgehead atoms. The van der Waals surface area contributed by atoms with Crippen LogP contribution in [0.2, 0.25) is 0 Å². The van der Waals surface area contributed by atoms with Crippen molar-refractivity contribution in [1.82, 2.24) is 5.16 Å². The molecule has 0 aliphatic heterocycles. The summed E-state index contributed by atoms with van der Waals surface area (Å²) in [4.78, 5) is 0. The van der Waals surface area contributed by atoms with Crippen molar-refractivity contribution in [2.75, 3.05) is 0 Å². The molecule has 1 atom stereocenters. The highest BCUT2D eigenvalue weighted by atomic mass is 16.5. The van der Waals surface area contributed by atoms with Crippen molar-refractivity contribution in [3.63, 3.8) is 0 Å². The third kappa shape index (κ3) is 2.49. The Bertz CT molecular complexity index is 459. The van der Waals surface area contributed by atoms with Crippen LogP contribution in [0.15, 0.2) is 34.9 Å². The lowest BCUT2D eigenvalue weighted by Gasteiger charge is -2.08. The average Bonchev–Trinajstić information content (AvgIpc) is 2.65. The van der Waals surface area contributed by atoms with Gasteiger partial charge in [0.05, 0.1) is 11.8 Å². The number of rotatable bonds is 3. The van der Waals surface area contributed by atoms with E-state index in [1.807, 2.05) is 44.2 Å². The van der Waals surface area contributed by atoms with Gasteiger partial charge in [-0.25, -0.2) is 0 Å². The summed E-state index contributed by atoms with van der Waals surface area (Å²) in [6.07, 6.45) is -0.0721. The molecule has 1 unspecified atom stereocenters. The van der Waals surface area contributed by atoms with Crippen molar-refractivity contribution in [3.05, 3.63) is 52.9 Å². The van der Waals surface area contributed by atoms with Crippen LogP contribution in [0.1, 0.15) is 28.7 Å². The van der Waals surface area contributed by atoms with E-state index < -0.39 is 6.10 Å². The number of hydrogen-bond acceptors (Lipinski definition) is 3. The first-order valence-electron chi connectivity index (χ1n) is 5.32. The minimum atomic E-state index is -0.534. The SMILES string of the molecule is Cc1ccc(C(O)Cc2cc(C)no2)cc1. The van der Waals surface area contributed by atoms with E-state index in [-0.39, 0.29) is 0 Å². The molecule has 0 saturated carbocycles. The van der Waals surface area contributed by atoms with Gasteiger partial charge in [-0.05, 0) is 19.4 Å². The highest BCUT2D eigenvalue weighted by Gasteiger charge is 2.11. The Balaban J connectivity index is 2.08. The van der Waals surface area contributed by atoms with E-state index in [2.05, 4.69) is 5.16 Å². The van der Waals surface area contributed by atoms with E-state index in [1.165, 1.54) is 5.56 Å². The zero-order valence-electron chi connectivity index (χ0n) is 9.47. The summed E-state index contributed by atoms with van der Waals surface area (Å²) in [6.45, 7) is 3.89. The van der Waals surface area contributed by atoms with Gasteiger partial charge in [0.15, 0.2) is 0 Å². The van der Waals surface area contributed by atoms with Gasteiger partial charge in [0, 0.05) is 12.5 Å². The summed E-state index contributed by atoms with van der Waals surface area (Å²) in [6, 6.07) is 9.69. The number of aryl methyl sites for hydroxylation is 2. The minimum Gasteiger partial charge on any atom is -0.388 e. The van der Waals surface area contributed by atoms with Gasteiger partial charge in [0.25, 0.3) is 0 Å². The highest BCUT2D eigenvalue weighted by molar-refractivity contribution is 5.24. The molecule has 1 N–H and O–H groups in total. The summed E-state index contributed by atoms with van der Waals surface area (Å²) in [5.74, 6) is 0.713. The second kappa shape index (κ2) is 4.49. The molecule has 1 heterocycles. The zero-order chi connectivity index (χ0) is 11.5. The second-order valence-electron chi connectivity index (χ2n) is 4.07. The van der Waals surface area contributed by atoms with Gasteiger partial charge in [0.1, 0.15) is 5.76 Å². The normalized spacial score (nSPS) is 12.7. The Morgan fingerprint density at radius 1 is 1.25 bits per heavy atom. The van der Waals surface area contributed by atoms with Crippen molar-refractivity contribution in [2.24, 2.45) is 0 Å². The van der Waals surface area contributed by atoms with Crippen LogP contribution >= 0.6 is 0 Å². The minimum absolute atomic E-state index is 0.462. The van der Waals surface area contributed by atoms with E-state index in [1.54, 1.807) is 0 Å². The largest absolute Gasteiger partial charge is 0.388 e. The number of nitrogens with zero attached hydrogens (tertiary/aromatic N) is 1. The molecule has 2 aromatic rings. The van der Waals surface area contributed by atoms with Crippen LogP contribution in [-0.4, -0.2) is 10.3 Å². The van der Waals surface area contributed by atoms with Gasteiger partial charge in [-0.3, -0.25) is 0 Å². The number of benzene rings is 1. The predicted molar refractivity (Wildman–Crippen MR) is 61.1 cm³/mol. The summed E-state index contributed by atoms with van der Waals surface area (Å²) in [5.41, 5.74) is 2.93. The molecule has 1 aromatic heterocycles. The second-order valence-corrected chi connectivity index (χ2v) is 4.07. The van der Waals surface area contributed by atoms with Gasteiger partial charge in [-0.2, -0.15) is 0 Å². The third-order valence-electron chi connectivity index (χ3n) is 2.53. The number of aliphatic hydroxyl groups is 1. The van der Waals surface area contributed by atoms with E-state index in [9.17, 15) is 5.11 Å². The number of aromatic nitrogens is 1. The molecule has 0 amide bonds. The van der Waals surface area contributed by atoms with E-state index in [4.69, 9.17) is 4.52 Å². The van der Waals surface area contributed by atoms with Crippen LogP contribution in [0.3, 0.4) is 0 Å². The van der Waals surface area contributed by atoms with Crippen LogP contribution < -0.4 is 0 Å². The van der Waals surface area contributed by atoms with Crippen molar-refractivity contribution < 1.29 is 9.63 Å². The maximum absolute atomic E-state index is 9.99. The van der Waals surface area contributed by atoms with Crippen LogP contribution in [0.5, 0.6) is 0 Å². The van der Waals surface area contributed by atoms with Gasteiger partial charge >= 0.3 is 0 Å². The van der Waals surface area contributed by atoms with E-state index in [0.29, 0.717) is 12.2 Å². The molecule has 2 rings (SSSR count). The molecular weight excluding hydrogens is 202 g/mol. The standard InChI is InChI=1S/C13H15NO2/c1-9-3-5-11(6-4-9)13(15)8-12-7-10(2)14-16-12/h3-7,13,15H,8H2,1-2H3. The highest BCUT2D eigenvalue weighted by Crippen LogP contribution is 2.19. The molecular formula is C13H15NO2. The van der Waals surface area contributed by atoms with E-state index in [0.717, 1.165) is 11.3 Å². The lowest BCUT2D eigenvalue weighted by atomic mass is 10.0. The molecule has 0 aliphatic rings. The molecule has 0 spiro atoms. The summed E-state index contributed by atoms with van der Waals surface area (Å²) in [5, 5.41) is 13.8. The van der Waals surface area contributed by atoms with Crippen molar-refractivity contribution in [1.29, 1.82) is 0 Å². The van der Waals surface area contributed by atoms with Crippen LogP contribution in [-0.2, 0) is 6.42 Å². The molecule has 3 heteroatoms. The number of hydrogen-bond donors (Lipinski definition) is 1. The van der Waals surface area contributed by atoms with Gasteiger partial charge in [0.2, 0.25) is 0 Å². The Morgan fingerprint density at radius 3 is 2.50 bits per heavy atom. The average molecular weight is 217 g/mol. The fraction of sp³-hybridized carbons (Fsp3) is 0.308. The fourth-order valence-corrected chi connectivity index (χ4v) is 1.61. The number of aliphatic hydroxyl groups excluding tert-OH is 1. The summed E-state index contributed by atoms with van der Waals surface area (Å²) in [7, 11) is 0. The van der Waals surface area contributed by atoms with Crippen LogP contribution in [0.25, 0.3) is 0 Å². The van der Waals surface area contributed by atoms with Crippen molar-refractivity contribution in [2.45, 2.75) is 26.4 Å². The quantitative estimate of drug-likeness (QED) is 0.859. The van der Waals surface area contributed by atoms with Gasteiger partial charge < -0.3 is 9.63 Å². The Hall–Kier alpha value is -1.61. The first-order chi connectivity index (χ1) is 7.65. The van der Waals surface area contributed by atoms with Gasteiger partial charge in [-0.15, -0.1) is 0 Å². The topological polar surface area (TPSA) is 46.3 Å². The van der Waals surface area contributed by atoms with Crippen molar-refractivity contribution >= 4 is 0 Å². The lowest BCUT2D eigenvalue weighted by Crippen LogP contribution is -2.00. The van der Waals surface area contributed by atoms with Crippen LogP contribution in [0, 0.1) is 13.8 Å². The predicted octanol–water partition coefficient (Wildman–Crippen LogP) is 2.57. The maximum Gasteiger partial charge on any atom is 0.139 e. The molecule has 3 nitrogen and oxygen atoms in total. The molecule has 0 fully saturated rings. The summed E-state index contributed by atoms with van der Waals surface area (Å²) < 4.78 is 5.07. The Morgan fingerprint density at radius 2 is 1.94 bits per heavy atom. The lowest BCUT2D eigenvalue weighted by molar-refractivity contribution is 0.166. The van der Waals surface area contributed by atoms with Gasteiger partial charge in [-0.1, -0.05) is 35.0 Å². The first-order valence-corrected chi connectivity index (χ1v) is 5.32. The smallest absolute Gasteiger partial charge is 0.139 e. The zero-order valence-corrected chi connectivity index (χ0v) is 9.47. The molecule has 0 radical (unpaired) electrons. The van der Waals surface area contributed by atoms with Crippen molar-refractivity contribution in [3.8, 4) is 0 Å². The molecule has 1 aromatic carbocycles. The molecule has 0 aliphatic carbocycles. The van der Waals surface area contributed by atoms with E-state index >= 15 is 0 Å². The molecule has 16 heavy (non-hydrogen) atoms. The Kier molecular flexibility index (Phi) is 3.06. The molecule has 84 valence electrons. The Labute approximate surface area is 94.7 Å².